The van der Waals surface area contributed by atoms with Crippen molar-refractivity contribution in [2.24, 2.45) is 0 Å². The van der Waals surface area contributed by atoms with Crippen molar-refractivity contribution in [3.8, 4) is 5.75 Å². The topological polar surface area (TPSA) is 116 Å². The van der Waals surface area contributed by atoms with Crippen molar-refractivity contribution in [3.05, 3.63) is 112 Å². The minimum Gasteiger partial charge on any atom is -0.423 e. The van der Waals surface area contributed by atoms with E-state index in [1.807, 2.05) is 6.92 Å². The molecule has 3 aromatic carbocycles. The van der Waals surface area contributed by atoms with Gasteiger partial charge in [0, 0.05) is 12.1 Å². The number of sulfonamides is 1. The zero-order valence-corrected chi connectivity index (χ0v) is 17.9. The van der Waals surface area contributed by atoms with E-state index in [1.54, 1.807) is 42.5 Å². The van der Waals surface area contributed by atoms with E-state index in [4.69, 9.17) is 4.74 Å². The number of nitrogens with one attached hydrogen (secondary N) is 1. The first-order chi connectivity index (χ1) is 15.2. The van der Waals surface area contributed by atoms with Crippen molar-refractivity contribution < 1.29 is 22.9 Å². The summed E-state index contributed by atoms with van der Waals surface area (Å²) in [4.78, 5) is 23.1. The van der Waals surface area contributed by atoms with E-state index in [2.05, 4.69) is 11.3 Å². The molecule has 0 amide bonds. The summed E-state index contributed by atoms with van der Waals surface area (Å²) in [7, 11) is -4.05. The van der Waals surface area contributed by atoms with Gasteiger partial charge in [-0.15, -0.1) is 0 Å². The summed E-state index contributed by atoms with van der Waals surface area (Å²) in [6.45, 7) is 5.57. The summed E-state index contributed by atoms with van der Waals surface area (Å²) >= 11 is 0. The molecule has 0 saturated heterocycles. The van der Waals surface area contributed by atoms with E-state index in [0.29, 0.717) is 5.56 Å². The van der Waals surface area contributed by atoms with E-state index >= 15 is 0 Å². The molecule has 0 saturated carbocycles. The number of non-ortho nitro benzene ring substituents is 1. The third-order valence-electron chi connectivity index (χ3n) is 4.61. The van der Waals surface area contributed by atoms with Gasteiger partial charge in [0.2, 0.25) is 10.0 Å². The first kappa shape index (κ1) is 22.9. The second-order valence-electron chi connectivity index (χ2n) is 6.94. The lowest BCUT2D eigenvalue weighted by atomic mass is 10.0. The summed E-state index contributed by atoms with van der Waals surface area (Å²) in [6.07, 6.45) is 0. The average Bonchev–Trinajstić information content (AvgIpc) is 2.78. The van der Waals surface area contributed by atoms with Crippen LogP contribution >= 0.6 is 0 Å². The Labute approximate surface area is 185 Å². The zero-order chi connectivity index (χ0) is 23.3. The molecule has 0 radical (unpaired) electrons. The molecule has 0 aromatic heterocycles. The Balaban J connectivity index is 1.95. The lowest BCUT2D eigenvalue weighted by Crippen LogP contribution is -2.33. The van der Waals surface area contributed by atoms with Crippen LogP contribution < -0.4 is 9.46 Å². The molecule has 0 aliphatic heterocycles. The Morgan fingerprint density at radius 3 is 2.16 bits per heavy atom. The first-order valence-electron chi connectivity index (χ1n) is 9.47. The van der Waals surface area contributed by atoms with E-state index < -0.39 is 27.0 Å². The number of nitro benzene ring substituents is 1. The number of carbonyl (C=O) groups is 1. The Hall–Kier alpha value is -3.82. The number of nitro groups is 1. The predicted molar refractivity (Wildman–Crippen MR) is 119 cm³/mol. The monoisotopic (exact) mass is 452 g/mol. The second kappa shape index (κ2) is 9.54. The van der Waals surface area contributed by atoms with Crippen LogP contribution in [0.1, 0.15) is 17.2 Å². The number of aryl methyl sites for hydroxylation is 1. The van der Waals surface area contributed by atoms with Crippen LogP contribution in [0.2, 0.25) is 0 Å². The summed E-state index contributed by atoms with van der Waals surface area (Å²) in [5.74, 6) is -0.575. The molecule has 0 aliphatic rings. The van der Waals surface area contributed by atoms with Crippen LogP contribution in [-0.2, 0) is 14.8 Å². The van der Waals surface area contributed by atoms with Gasteiger partial charge in [0.1, 0.15) is 5.75 Å². The number of carbonyl (C=O) groups excluding carboxylic acids is 1. The van der Waals surface area contributed by atoms with Crippen molar-refractivity contribution in [1.29, 1.82) is 0 Å². The molecule has 32 heavy (non-hydrogen) atoms. The third kappa shape index (κ3) is 5.45. The molecule has 0 unspecified atom stereocenters. The van der Waals surface area contributed by atoms with Crippen molar-refractivity contribution in [1.82, 2.24) is 4.72 Å². The highest BCUT2D eigenvalue weighted by Gasteiger charge is 2.28. The van der Waals surface area contributed by atoms with Gasteiger partial charge < -0.3 is 4.74 Å². The highest BCUT2D eigenvalue weighted by molar-refractivity contribution is 7.89. The molecule has 9 heteroatoms. The molecule has 8 nitrogen and oxygen atoms in total. The molecule has 3 aromatic rings. The number of benzene rings is 3. The highest BCUT2D eigenvalue weighted by Crippen LogP contribution is 2.27. The van der Waals surface area contributed by atoms with Crippen LogP contribution in [0.5, 0.6) is 5.75 Å². The molecule has 0 fully saturated rings. The van der Waals surface area contributed by atoms with Gasteiger partial charge in [0.15, 0.2) is 0 Å². The van der Waals surface area contributed by atoms with Gasteiger partial charge in [-0.2, -0.15) is 4.72 Å². The molecule has 0 spiro atoms. The van der Waals surface area contributed by atoms with Gasteiger partial charge in [-0.3, -0.25) is 10.1 Å². The fourth-order valence-electron chi connectivity index (χ4n) is 2.85. The quantitative estimate of drug-likeness (QED) is 0.181. The first-order valence-corrected chi connectivity index (χ1v) is 10.9. The maximum Gasteiger partial charge on any atom is 0.340 e. The lowest BCUT2D eigenvalue weighted by molar-refractivity contribution is -0.384. The highest BCUT2D eigenvalue weighted by atomic mass is 32.2. The van der Waals surface area contributed by atoms with Crippen molar-refractivity contribution in [3.63, 3.8) is 0 Å². The number of hydrogen-bond acceptors (Lipinski definition) is 6. The number of ether oxygens (including phenoxy) is 1. The number of esters is 1. The van der Waals surface area contributed by atoms with Crippen molar-refractivity contribution in [2.75, 3.05) is 0 Å². The standard InChI is InChI=1S/C23H20N2O6S/c1-16-8-14-21(15-9-16)32(29,30)24-22(18-10-12-19(13-11-18)25(27)28)17(2)23(26)31-20-6-4-3-5-7-20/h3-15,22,24H,2H2,1H3/t22-/m1/s1. The van der Waals surface area contributed by atoms with E-state index in [1.165, 1.54) is 36.4 Å². The fraction of sp³-hybridized carbons (Fsp3) is 0.0870. The third-order valence-corrected chi connectivity index (χ3v) is 6.04. The predicted octanol–water partition coefficient (Wildman–Crippen LogP) is 4.08. The van der Waals surface area contributed by atoms with Crippen molar-refractivity contribution in [2.45, 2.75) is 17.9 Å². The smallest absolute Gasteiger partial charge is 0.340 e. The largest absolute Gasteiger partial charge is 0.423 e. The molecule has 164 valence electrons. The van der Waals surface area contributed by atoms with Crippen molar-refractivity contribution >= 4 is 21.7 Å². The molecular formula is C23H20N2O6S. The van der Waals surface area contributed by atoms with Gasteiger partial charge in [-0.25, -0.2) is 13.2 Å². The summed E-state index contributed by atoms with van der Waals surface area (Å²) in [5, 5.41) is 11.0. The molecule has 1 N–H and O–H groups in total. The Morgan fingerprint density at radius 1 is 1.00 bits per heavy atom. The van der Waals surface area contributed by atoms with Gasteiger partial charge in [-0.1, -0.05) is 54.6 Å². The molecule has 0 aliphatic carbocycles. The van der Waals surface area contributed by atoms with Crippen LogP contribution in [-0.4, -0.2) is 19.3 Å². The Bertz CT molecular complexity index is 1240. The lowest BCUT2D eigenvalue weighted by Gasteiger charge is -2.21. The van der Waals surface area contributed by atoms with E-state index in [9.17, 15) is 23.3 Å². The fourth-order valence-corrected chi connectivity index (χ4v) is 4.07. The molecule has 1 atom stereocenters. The Morgan fingerprint density at radius 2 is 1.59 bits per heavy atom. The summed E-state index contributed by atoms with van der Waals surface area (Å²) in [5.41, 5.74) is 0.817. The molecule has 0 heterocycles. The van der Waals surface area contributed by atoms with Crippen LogP contribution in [0.4, 0.5) is 5.69 Å². The molecular weight excluding hydrogens is 432 g/mol. The summed E-state index contributed by atoms with van der Waals surface area (Å²) in [6, 6.07) is 18.4. The maximum absolute atomic E-state index is 13.0. The number of hydrogen-bond donors (Lipinski definition) is 1. The van der Waals surface area contributed by atoms with Crippen LogP contribution in [0.25, 0.3) is 0 Å². The SMILES string of the molecule is C=C(C(=O)Oc1ccccc1)[C@@H](NS(=O)(=O)c1ccc(C)cc1)c1ccc([N+](=O)[O-])cc1. The van der Waals surface area contributed by atoms with Crippen LogP contribution in [0.15, 0.2) is 95.9 Å². The second-order valence-corrected chi connectivity index (χ2v) is 8.66. The number of para-hydroxylation sites is 1. The van der Waals surface area contributed by atoms with Gasteiger partial charge in [-0.05, 0) is 36.8 Å². The van der Waals surface area contributed by atoms with Crippen LogP contribution in [0, 0.1) is 17.0 Å². The van der Waals surface area contributed by atoms with Crippen LogP contribution in [0.3, 0.4) is 0 Å². The minimum absolute atomic E-state index is 0.000705. The van der Waals surface area contributed by atoms with Gasteiger partial charge >= 0.3 is 5.97 Å². The average molecular weight is 452 g/mol. The van der Waals surface area contributed by atoms with Gasteiger partial charge in [0.25, 0.3) is 5.69 Å². The molecule has 3 rings (SSSR count). The maximum atomic E-state index is 13.0. The van der Waals surface area contributed by atoms with Gasteiger partial charge in [0.05, 0.1) is 21.4 Å². The van der Waals surface area contributed by atoms with E-state index in [0.717, 1.165) is 5.56 Å². The number of nitrogens with zero attached hydrogens (tertiary/aromatic N) is 1. The normalized spacial score (nSPS) is 12.0. The summed E-state index contributed by atoms with van der Waals surface area (Å²) < 4.78 is 33.7. The number of rotatable bonds is 8. The minimum atomic E-state index is -4.05. The zero-order valence-electron chi connectivity index (χ0n) is 17.1. The Kier molecular flexibility index (Phi) is 6.82. The molecule has 0 bridgehead atoms. The van der Waals surface area contributed by atoms with E-state index in [-0.39, 0.29) is 21.9 Å².